The van der Waals surface area contributed by atoms with Gasteiger partial charge in [0.05, 0.1) is 7.11 Å². The van der Waals surface area contributed by atoms with Crippen molar-refractivity contribution < 1.29 is 27.4 Å². The third-order valence-corrected chi connectivity index (χ3v) is 1.91. The number of nitrogens with one attached hydrogen (secondary N) is 1. The maximum Gasteiger partial charge on any atom is 0.574 e. The lowest BCUT2D eigenvalue weighted by Crippen LogP contribution is -2.22. The van der Waals surface area contributed by atoms with Gasteiger partial charge in [0, 0.05) is 0 Å². The molecule has 1 aromatic rings. The normalized spacial score (nSPS) is 10.9. The van der Waals surface area contributed by atoms with Crippen LogP contribution < -0.4 is 15.5 Å². The molecule has 96 valence electrons. The average molecular weight is 280 g/mol. The number of hydrogen-bond acceptors (Lipinski definition) is 4. The number of pyridine rings is 1. The lowest BCUT2D eigenvalue weighted by atomic mass is 9.98. The summed E-state index contributed by atoms with van der Waals surface area (Å²) in [6.45, 7) is 0. The summed E-state index contributed by atoms with van der Waals surface area (Å²) < 4.78 is 44.1. The SMILES string of the molecule is [B]c1cc(NC(=O)OC)c(OC(F)(F)F)nc1Cl. The van der Waals surface area contributed by atoms with Crippen molar-refractivity contribution in [2.45, 2.75) is 6.36 Å². The van der Waals surface area contributed by atoms with Gasteiger partial charge in [0.25, 0.3) is 0 Å². The molecule has 5 nitrogen and oxygen atoms in total. The van der Waals surface area contributed by atoms with E-state index in [9.17, 15) is 18.0 Å². The Morgan fingerprint density at radius 1 is 1.56 bits per heavy atom. The highest BCUT2D eigenvalue weighted by molar-refractivity contribution is 6.44. The van der Waals surface area contributed by atoms with E-state index in [2.05, 4.69) is 14.5 Å². The van der Waals surface area contributed by atoms with Crippen LogP contribution in [0.5, 0.6) is 5.88 Å². The molecule has 0 saturated heterocycles. The first-order chi connectivity index (χ1) is 8.23. The third kappa shape index (κ3) is 3.99. The van der Waals surface area contributed by atoms with Crippen LogP contribution in [-0.2, 0) is 4.74 Å². The third-order valence-electron chi connectivity index (χ3n) is 1.60. The first-order valence-electron chi connectivity index (χ1n) is 4.29. The summed E-state index contributed by atoms with van der Waals surface area (Å²) >= 11 is 5.46. The fourth-order valence-electron chi connectivity index (χ4n) is 0.929. The van der Waals surface area contributed by atoms with Gasteiger partial charge in [-0.3, -0.25) is 5.32 Å². The molecule has 18 heavy (non-hydrogen) atoms. The molecule has 0 aliphatic carbocycles. The molecule has 0 bridgehead atoms. The minimum atomic E-state index is -4.99. The van der Waals surface area contributed by atoms with E-state index in [-0.39, 0.29) is 10.6 Å². The van der Waals surface area contributed by atoms with Gasteiger partial charge in [-0.25, -0.2) is 9.78 Å². The number of hydrogen-bond donors (Lipinski definition) is 1. The van der Waals surface area contributed by atoms with Crippen LogP contribution in [0.3, 0.4) is 0 Å². The van der Waals surface area contributed by atoms with Crippen molar-refractivity contribution in [1.29, 1.82) is 0 Å². The van der Waals surface area contributed by atoms with Crippen molar-refractivity contribution in [2.24, 2.45) is 0 Å². The molecule has 10 heteroatoms. The van der Waals surface area contributed by atoms with Crippen LogP contribution in [0, 0.1) is 0 Å². The highest BCUT2D eigenvalue weighted by atomic mass is 35.5. The van der Waals surface area contributed by atoms with Gasteiger partial charge in [-0.15, -0.1) is 13.2 Å². The summed E-state index contributed by atoms with van der Waals surface area (Å²) in [6, 6.07) is 0.966. The Kier molecular flexibility index (Phi) is 4.28. The summed E-state index contributed by atoms with van der Waals surface area (Å²) in [5, 5.41) is 1.58. The number of methoxy groups -OCH3 is 1. The van der Waals surface area contributed by atoms with Crippen molar-refractivity contribution in [3.63, 3.8) is 0 Å². The number of carbonyl (C=O) groups is 1. The second-order valence-corrected chi connectivity index (χ2v) is 3.24. The number of aromatic nitrogens is 1. The number of halogens is 4. The standard InChI is InChI=1S/C8H5BClF3N2O3/c1-17-7(16)14-4-2-3(9)5(10)15-6(4)18-8(11,12)13/h2H,1H3,(H,14,16). The first kappa shape index (κ1) is 14.4. The number of nitrogens with zero attached hydrogens (tertiary/aromatic N) is 1. The molecule has 2 radical (unpaired) electrons. The Bertz CT molecular complexity index is 470. The average Bonchev–Trinajstić information content (AvgIpc) is 2.23. The molecule has 0 unspecified atom stereocenters. The van der Waals surface area contributed by atoms with Crippen molar-refractivity contribution >= 4 is 36.7 Å². The van der Waals surface area contributed by atoms with E-state index in [1.165, 1.54) is 0 Å². The van der Waals surface area contributed by atoms with Crippen LogP contribution in [0.2, 0.25) is 5.15 Å². The van der Waals surface area contributed by atoms with Gasteiger partial charge in [-0.05, 0) is 6.07 Å². The van der Waals surface area contributed by atoms with Crippen molar-refractivity contribution in [2.75, 3.05) is 12.4 Å². The fraction of sp³-hybridized carbons (Fsp3) is 0.250. The molecular formula is C8H5BClF3N2O3. The van der Waals surface area contributed by atoms with E-state index in [0.717, 1.165) is 13.2 Å². The lowest BCUT2D eigenvalue weighted by Gasteiger charge is -2.13. The molecule has 0 fully saturated rings. The first-order valence-corrected chi connectivity index (χ1v) is 4.67. The summed E-state index contributed by atoms with van der Waals surface area (Å²) in [5.41, 5.74) is -0.543. The Morgan fingerprint density at radius 3 is 2.67 bits per heavy atom. The molecule has 1 amide bonds. The monoisotopic (exact) mass is 280 g/mol. The quantitative estimate of drug-likeness (QED) is 0.660. The van der Waals surface area contributed by atoms with Crippen LogP contribution in [-0.4, -0.2) is 32.4 Å². The molecule has 0 saturated carbocycles. The largest absolute Gasteiger partial charge is 0.574 e. The molecule has 0 aliphatic heterocycles. The molecule has 0 aliphatic rings. The molecule has 1 heterocycles. The predicted molar refractivity (Wildman–Crippen MR) is 57.3 cm³/mol. The minimum Gasteiger partial charge on any atom is -0.453 e. The van der Waals surface area contributed by atoms with Crippen molar-refractivity contribution in [1.82, 2.24) is 4.98 Å². The molecular weight excluding hydrogens is 275 g/mol. The second kappa shape index (κ2) is 5.34. The Labute approximate surface area is 106 Å². The summed E-state index contributed by atoms with van der Waals surface area (Å²) in [4.78, 5) is 14.2. The molecule has 1 aromatic heterocycles. The number of ether oxygens (including phenoxy) is 2. The van der Waals surface area contributed by atoms with Crippen molar-refractivity contribution in [3.8, 4) is 5.88 Å². The van der Waals surface area contributed by atoms with E-state index in [1.54, 1.807) is 0 Å². The Hall–Kier alpha value is -1.64. The number of alkyl halides is 3. The van der Waals surface area contributed by atoms with E-state index >= 15 is 0 Å². The van der Waals surface area contributed by atoms with E-state index in [4.69, 9.17) is 19.4 Å². The number of carbonyl (C=O) groups excluding carboxylic acids is 1. The van der Waals surface area contributed by atoms with E-state index in [1.807, 2.05) is 5.32 Å². The second-order valence-electron chi connectivity index (χ2n) is 2.89. The molecule has 0 aromatic carbocycles. The lowest BCUT2D eigenvalue weighted by molar-refractivity contribution is -0.275. The smallest absolute Gasteiger partial charge is 0.453 e. The maximum absolute atomic E-state index is 12.1. The zero-order valence-corrected chi connectivity index (χ0v) is 9.59. The van der Waals surface area contributed by atoms with Gasteiger partial charge < -0.3 is 9.47 Å². The Balaban J connectivity index is 3.12. The highest BCUT2D eigenvalue weighted by Crippen LogP contribution is 2.28. The van der Waals surface area contributed by atoms with Crippen LogP contribution in [0.4, 0.5) is 23.7 Å². The molecule has 0 atom stereocenters. The molecule has 1 rings (SSSR count). The van der Waals surface area contributed by atoms with Gasteiger partial charge >= 0.3 is 12.5 Å². The van der Waals surface area contributed by atoms with Crippen LogP contribution in [0.25, 0.3) is 0 Å². The van der Waals surface area contributed by atoms with Gasteiger partial charge in [-0.2, -0.15) is 0 Å². The topological polar surface area (TPSA) is 60.5 Å². The van der Waals surface area contributed by atoms with Crippen molar-refractivity contribution in [3.05, 3.63) is 11.2 Å². The minimum absolute atomic E-state index is 0.127. The highest BCUT2D eigenvalue weighted by Gasteiger charge is 2.33. The van der Waals surface area contributed by atoms with Gasteiger partial charge in [0.1, 0.15) is 18.7 Å². The summed E-state index contributed by atoms with van der Waals surface area (Å²) in [6.07, 6.45) is -6.00. The number of anilines is 1. The summed E-state index contributed by atoms with van der Waals surface area (Å²) in [5.74, 6) is -0.938. The molecule has 0 spiro atoms. The zero-order chi connectivity index (χ0) is 13.9. The number of amides is 1. The van der Waals surface area contributed by atoms with Crippen LogP contribution in [0.15, 0.2) is 6.07 Å². The fourth-order valence-corrected chi connectivity index (χ4v) is 1.06. The Morgan fingerprint density at radius 2 is 2.17 bits per heavy atom. The van der Waals surface area contributed by atoms with Gasteiger partial charge in [0.15, 0.2) is 0 Å². The zero-order valence-electron chi connectivity index (χ0n) is 8.84. The summed E-state index contributed by atoms with van der Waals surface area (Å²) in [7, 11) is 6.38. The molecule has 1 N–H and O–H groups in total. The van der Waals surface area contributed by atoms with E-state index in [0.29, 0.717) is 0 Å². The van der Waals surface area contributed by atoms with Crippen LogP contribution >= 0.6 is 11.6 Å². The predicted octanol–water partition coefficient (Wildman–Crippen LogP) is 1.61. The van der Waals surface area contributed by atoms with Gasteiger partial charge in [0.2, 0.25) is 5.88 Å². The number of rotatable bonds is 2. The maximum atomic E-state index is 12.1. The van der Waals surface area contributed by atoms with Crippen LogP contribution in [0.1, 0.15) is 0 Å². The van der Waals surface area contributed by atoms with Gasteiger partial charge in [-0.1, -0.05) is 17.1 Å². The van der Waals surface area contributed by atoms with E-state index < -0.39 is 24.0 Å².